The minimum Gasteiger partial charge on any atom is -0.480 e. The van der Waals surface area contributed by atoms with Gasteiger partial charge in [-0.15, -0.1) is 0 Å². The van der Waals surface area contributed by atoms with Crippen molar-refractivity contribution in [3.8, 4) is 0 Å². The van der Waals surface area contributed by atoms with Crippen LogP contribution in [0.15, 0.2) is 0 Å². The first-order chi connectivity index (χ1) is 8.54. The maximum atomic E-state index is 11.8. The molecule has 1 aliphatic heterocycles. The zero-order valence-electron chi connectivity index (χ0n) is 11.0. The van der Waals surface area contributed by atoms with E-state index in [0.717, 1.165) is 19.4 Å². The van der Waals surface area contributed by atoms with E-state index in [1.165, 1.54) is 0 Å². The number of carbonyl (C=O) groups excluding carboxylic acids is 1. The van der Waals surface area contributed by atoms with Crippen LogP contribution in [0.5, 0.6) is 0 Å². The van der Waals surface area contributed by atoms with Crippen molar-refractivity contribution in [1.29, 1.82) is 0 Å². The van der Waals surface area contributed by atoms with Gasteiger partial charge in [-0.3, -0.25) is 0 Å². The Bertz CT molecular complexity index is 296. The maximum absolute atomic E-state index is 11.8. The van der Waals surface area contributed by atoms with Crippen LogP contribution in [0.3, 0.4) is 0 Å². The third-order valence-corrected chi connectivity index (χ3v) is 3.46. The number of ether oxygens (including phenoxy) is 1. The van der Waals surface area contributed by atoms with Gasteiger partial charge in [-0.05, 0) is 25.7 Å². The van der Waals surface area contributed by atoms with Gasteiger partial charge in [-0.1, -0.05) is 13.8 Å². The van der Waals surface area contributed by atoms with Gasteiger partial charge in [0.05, 0.1) is 12.6 Å². The molecule has 104 valence electrons. The Hall–Kier alpha value is -1.30. The Balaban J connectivity index is 2.53. The lowest BCUT2D eigenvalue weighted by atomic mass is 9.93. The Labute approximate surface area is 107 Å². The number of aliphatic carboxylic acids is 1. The minimum atomic E-state index is -1.18. The van der Waals surface area contributed by atoms with E-state index in [2.05, 4.69) is 10.6 Å². The van der Waals surface area contributed by atoms with Crippen LogP contribution in [0.25, 0.3) is 0 Å². The summed E-state index contributed by atoms with van der Waals surface area (Å²) in [5, 5.41) is 14.5. The molecule has 1 atom stereocenters. The predicted octanol–water partition coefficient (Wildman–Crippen LogP) is 1.11. The SMILES string of the molecule is CCC(CC)(NC(=O)NC1CCCOC1)C(=O)O. The van der Waals surface area contributed by atoms with Crippen LogP contribution in [0.4, 0.5) is 4.79 Å². The number of urea groups is 1. The largest absolute Gasteiger partial charge is 0.480 e. The summed E-state index contributed by atoms with van der Waals surface area (Å²) >= 11 is 0. The van der Waals surface area contributed by atoms with Gasteiger partial charge in [0.25, 0.3) is 0 Å². The molecule has 1 aliphatic rings. The Morgan fingerprint density at radius 3 is 2.50 bits per heavy atom. The second-order valence-corrected chi connectivity index (χ2v) is 4.61. The van der Waals surface area contributed by atoms with E-state index >= 15 is 0 Å². The molecule has 1 heterocycles. The van der Waals surface area contributed by atoms with Crippen LogP contribution < -0.4 is 10.6 Å². The topological polar surface area (TPSA) is 87.7 Å². The van der Waals surface area contributed by atoms with Gasteiger partial charge in [0.15, 0.2) is 0 Å². The van der Waals surface area contributed by atoms with Crippen molar-refractivity contribution < 1.29 is 19.4 Å². The molecule has 0 radical (unpaired) electrons. The third-order valence-electron chi connectivity index (χ3n) is 3.46. The summed E-state index contributed by atoms with van der Waals surface area (Å²) in [6.45, 7) is 4.72. The van der Waals surface area contributed by atoms with Crippen LogP contribution >= 0.6 is 0 Å². The zero-order valence-corrected chi connectivity index (χ0v) is 11.0. The van der Waals surface area contributed by atoms with Gasteiger partial charge >= 0.3 is 12.0 Å². The van der Waals surface area contributed by atoms with Crippen LogP contribution in [-0.4, -0.2) is 41.9 Å². The highest BCUT2D eigenvalue weighted by Gasteiger charge is 2.36. The highest BCUT2D eigenvalue weighted by Crippen LogP contribution is 2.15. The number of nitrogens with one attached hydrogen (secondary N) is 2. The number of carboxylic acid groups (broad SMARTS) is 1. The average Bonchev–Trinajstić information content (AvgIpc) is 2.37. The Morgan fingerprint density at radius 1 is 1.39 bits per heavy atom. The third kappa shape index (κ3) is 3.60. The molecule has 1 saturated heterocycles. The van der Waals surface area contributed by atoms with Crippen molar-refractivity contribution in [3.05, 3.63) is 0 Å². The smallest absolute Gasteiger partial charge is 0.329 e. The Kier molecular flexibility index (Phi) is 5.40. The molecule has 6 heteroatoms. The molecule has 0 saturated carbocycles. The molecule has 1 rings (SSSR count). The minimum absolute atomic E-state index is 0.0287. The molecule has 0 aromatic rings. The molecule has 0 aromatic carbocycles. The average molecular weight is 258 g/mol. The van der Waals surface area contributed by atoms with Crippen molar-refractivity contribution >= 4 is 12.0 Å². The summed E-state index contributed by atoms with van der Waals surface area (Å²) in [4.78, 5) is 23.1. The fraction of sp³-hybridized carbons (Fsp3) is 0.833. The summed E-state index contributed by atoms with van der Waals surface area (Å²) in [6.07, 6.45) is 2.49. The van der Waals surface area contributed by atoms with Crippen LogP contribution in [0, 0.1) is 0 Å². The molecule has 0 aromatic heterocycles. The molecule has 18 heavy (non-hydrogen) atoms. The van der Waals surface area contributed by atoms with E-state index in [9.17, 15) is 14.7 Å². The van der Waals surface area contributed by atoms with Crippen LogP contribution in [-0.2, 0) is 9.53 Å². The standard InChI is InChI=1S/C12H22N2O4/c1-3-12(4-2,10(15)16)14-11(17)13-9-6-5-7-18-8-9/h9H,3-8H2,1-2H3,(H,15,16)(H2,13,14,17). The summed E-state index contributed by atoms with van der Waals surface area (Å²) in [7, 11) is 0. The van der Waals surface area contributed by atoms with Crippen LogP contribution in [0.2, 0.25) is 0 Å². The van der Waals surface area contributed by atoms with E-state index in [1.54, 1.807) is 13.8 Å². The lowest BCUT2D eigenvalue weighted by molar-refractivity contribution is -0.144. The van der Waals surface area contributed by atoms with Gasteiger partial charge in [-0.25, -0.2) is 9.59 Å². The second-order valence-electron chi connectivity index (χ2n) is 4.61. The molecular weight excluding hydrogens is 236 g/mol. The number of amides is 2. The molecule has 3 N–H and O–H groups in total. The van der Waals surface area contributed by atoms with Crippen molar-refractivity contribution in [1.82, 2.24) is 10.6 Å². The molecule has 2 amide bonds. The normalized spacial score (nSPS) is 20.2. The fourth-order valence-corrected chi connectivity index (χ4v) is 2.08. The first kappa shape index (κ1) is 14.8. The van der Waals surface area contributed by atoms with E-state index in [4.69, 9.17) is 4.74 Å². The van der Waals surface area contributed by atoms with Crippen molar-refractivity contribution in [2.45, 2.75) is 51.1 Å². The first-order valence-corrected chi connectivity index (χ1v) is 6.44. The van der Waals surface area contributed by atoms with Gasteiger partial charge in [-0.2, -0.15) is 0 Å². The molecule has 0 bridgehead atoms. The molecule has 1 unspecified atom stereocenters. The maximum Gasteiger partial charge on any atom is 0.329 e. The lowest BCUT2D eigenvalue weighted by Crippen LogP contribution is -2.58. The highest BCUT2D eigenvalue weighted by molar-refractivity contribution is 5.86. The van der Waals surface area contributed by atoms with Crippen molar-refractivity contribution in [2.75, 3.05) is 13.2 Å². The monoisotopic (exact) mass is 258 g/mol. The number of carbonyl (C=O) groups is 2. The number of hydrogen-bond donors (Lipinski definition) is 3. The quantitative estimate of drug-likeness (QED) is 0.689. The fourth-order valence-electron chi connectivity index (χ4n) is 2.08. The zero-order chi connectivity index (χ0) is 13.6. The van der Waals surface area contributed by atoms with Crippen LogP contribution in [0.1, 0.15) is 39.5 Å². The number of carboxylic acids is 1. The summed E-state index contributed by atoms with van der Waals surface area (Å²) in [6, 6.07) is -0.462. The van der Waals surface area contributed by atoms with Gasteiger partial charge < -0.3 is 20.5 Å². The molecular formula is C12H22N2O4. The molecule has 1 fully saturated rings. The van der Waals surface area contributed by atoms with E-state index < -0.39 is 17.5 Å². The highest BCUT2D eigenvalue weighted by atomic mass is 16.5. The number of rotatable bonds is 5. The second kappa shape index (κ2) is 6.58. The summed E-state index contributed by atoms with van der Waals surface area (Å²) in [5.74, 6) is -0.998. The Morgan fingerprint density at radius 2 is 2.06 bits per heavy atom. The van der Waals surface area contributed by atoms with Gasteiger partial charge in [0.2, 0.25) is 0 Å². The summed E-state index contributed by atoms with van der Waals surface area (Å²) in [5.41, 5.74) is -1.18. The van der Waals surface area contributed by atoms with Gasteiger partial charge in [0.1, 0.15) is 5.54 Å². The van der Waals surface area contributed by atoms with E-state index in [0.29, 0.717) is 19.4 Å². The number of hydrogen-bond acceptors (Lipinski definition) is 3. The molecule has 0 spiro atoms. The van der Waals surface area contributed by atoms with Crippen molar-refractivity contribution in [2.24, 2.45) is 0 Å². The van der Waals surface area contributed by atoms with Crippen molar-refractivity contribution in [3.63, 3.8) is 0 Å². The molecule has 6 nitrogen and oxygen atoms in total. The predicted molar refractivity (Wildman–Crippen MR) is 66.5 cm³/mol. The molecule has 0 aliphatic carbocycles. The summed E-state index contributed by atoms with van der Waals surface area (Å²) < 4.78 is 5.25. The van der Waals surface area contributed by atoms with E-state index in [1.807, 2.05) is 0 Å². The van der Waals surface area contributed by atoms with E-state index in [-0.39, 0.29) is 6.04 Å². The first-order valence-electron chi connectivity index (χ1n) is 6.44. The lowest BCUT2D eigenvalue weighted by Gasteiger charge is -2.30. The van der Waals surface area contributed by atoms with Gasteiger partial charge in [0, 0.05) is 6.61 Å².